The molecule has 9 heteroatoms. The number of ether oxygens (including phenoxy) is 1. The summed E-state index contributed by atoms with van der Waals surface area (Å²) in [6.45, 7) is 3.32. The average molecular weight is 598 g/mol. The van der Waals surface area contributed by atoms with E-state index in [2.05, 4.69) is 60.0 Å². The Morgan fingerprint density at radius 1 is 0.826 bits per heavy atom. The minimum Gasteiger partial charge on any atom is -0.378 e. The summed E-state index contributed by atoms with van der Waals surface area (Å²) in [7, 11) is 0. The van der Waals surface area contributed by atoms with Gasteiger partial charge in [-0.25, -0.2) is 9.97 Å². The van der Waals surface area contributed by atoms with Crippen molar-refractivity contribution in [2.24, 2.45) is 0 Å². The smallest absolute Gasteiger partial charge is 0.132 e. The van der Waals surface area contributed by atoms with Crippen LogP contribution in [-0.2, 0) is 4.74 Å². The second-order valence-electron chi connectivity index (χ2n) is 4.50. The number of aromatic nitrogens is 2. The molecule has 1 aliphatic rings. The van der Waals surface area contributed by atoms with Gasteiger partial charge in [0.2, 0.25) is 0 Å². The highest BCUT2D eigenvalue weighted by molar-refractivity contribution is 14.1. The number of hydrogen-bond donors (Lipinski definition) is 0. The van der Waals surface area contributed by atoms with Crippen LogP contribution in [0.4, 0.5) is 5.82 Å². The van der Waals surface area contributed by atoms with E-state index in [0.717, 1.165) is 39.3 Å². The first-order valence-corrected chi connectivity index (χ1v) is 9.87. The van der Waals surface area contributed by atoms with Gasteiger partial charge in [-0.1, -0.05) is 34.8 Å². The maximum Gasteiger partial charge on any atom is 0.132 e. The molecule has 4 nitrogen and oxygen atoms in total. The molecule has 1 fully saturated rings. The Bertz CT molecular complexity index is 599. The van der Waals surface area contributed by atoms with Crippen LogP contribution >= 0.6 is 80.0 Å². The first-order valence-electron chi connectivity index (χ1n) is 6.58. The Morgan fingerprint density at radius 2 is 1.30 bits per heavy atom. The average Bonchev–Trinajstić information content (AvgIpc) is 2.46. The topological polar surface area (TPSA) is 38.2 Å². The molecule has 0 aliphatic carbocycles. The number of rotatable bonds is 1. The van der Waals surface area contributed by atoms with E-state index in [1.165, 1.54) is 0 Å². The van der Waals surface area contributed by atoms with Crippen molar-refractivity contribution in [2.45, 2.75) is 0 Å². The van der Waals surface area contributed by atoms with Crippen molar-refractivity contribution < 1.29 is 4.74 Å². The molecular weight excluding hydrogens is 586 g/mol. The Morgan fingerprint density at radius 3 is 1.78 bits per heavy atom. The second-order valence-corrected chi connectivity index (χ2v) is 8.15. The van der Waals surface area contributed by atoms with Crippen molar-refractivity contribution in [2.75, 3.05) is 31.2 Å². The Balaban J connectivity index is 0.000000185. The van der Waals surface area contributed by atoms with Crippen molar-refractivity contribution in [1.82, 2.24) is 9.97 Å². The van der Waals surface area contributed by atoms with E-state index >= 15 is 0 Å². The summed E-state index contributed by atoms with van der Waals surface area (Å²) in [5.74, 6) is 0.949. The molecule has 1 aliphatic heterocycles. The van der Waals surface area contributed by atoms with Crippen LogP contribution in [0.5, 0.6) is 0 Å². The summed E-state index contributed by atoms with van der Waals surface area (Å²) in [5.41, 5.74) is 0. The monoisotopic (exact) mass is 597 g/mol. The molecule has 2 aromatic heterocycles. The second kappa shape index (κ2) is 9.76. The lowest BCUT2D eigenvalue weighted by Crippen LogP contribution is -2.36. The van der Waals surface area contributed by atoms with Crippen molar-refractivity contribution >= 4 is 85.8 Å². The fraction of sp³-hybridized carbons (Fsp3) is 0.286. The number of anilines is 1. The van der Waals surface area contributed by atoms with Gasteiger partial charge in [-0.05, 0) is 69.4 Å². The van der Waals surface area contributed by atoms with Crippen LogP contribution in [-0.4, -0.2) is 36.3 Å². The van der Waals surface area contributed by atoms with E-state index in [-0.39, 0.29) is 0 Å². The zero-order valence-electron chi connectivity index (χ0n) is 11.8. The maximum atomic E-state index is 5.90. The van der Waals surface area contributed by atoms with E-state index in [0.29, 0.717) is 15.5 Å². The van der Waals surface area contributed by atoms with Gasteiger partial charge >= 0.3 is 0 Å². The van der Waals surface area contributed by atoms with Gasteiger partial charge in [0.25, 0.3) is 0 Å². The predicted molar refractivity (Wildman–Crippen MR) is 112 cm³/mol. The predicted octanol–water partition coefficient (Wildman–Crippen LogP) is 5.17. The molecule has 0 bridgehead atoms. The number of hydrogen-bond acceptors (Lipinski definition) is 4. The number of morpholine rings is 1. The standard InChI is InChI=1S/C9H10ClIN2O.C5H2Cl2IN/c10-8-5-7(11)6-9(12-8)13-1-3-14-4-2-13;6-4-1-3(8)2-5(7)9-4/h5-6H,1-4H2;1-2H. The van der Waals surface area contributed by atoms with Crippen molar-refractivity contribution in [1.29, 1.82) is 0 Å². The summed E-state index contributed by atoms with van der Waals surface area (Å²) in [5, 5.41) is 1.43. The quantitative estimate of drug-likeness (QED) is 0.336. The summed E-state index contributed by atoms with van der Waals surface area (Å²) in [6, 6.07) is 7.38. The molecule has 3 heterocycles. The van der Waals surface area contributed by atoms with Gasteiger partial charge in [0, 0.05) is 20.2 Å². The van der Waals surface area contributed by atoms with Gasteiger partial charge in [0.05, 0.1) is 13.2 Å². The van der Waals surface area contributed by atoms with E-state index in [9.17, 15) is 0 Å². The van der Waals surface area contributed by atoms with Crippen LogP contribution < -0.4 is 4.90 Å². The highest BCUT2D eigenvalue weighted by Gasteiger charge is 2.13. The molecule has 0 radical (unpaired) electrons. The van der Waals surface area contributed by atoms with Crippen LogP contribution in [0, 0.1) is 7.14 Å². The van der Waals surface area contributed by atoms with Crippen LogP contribution in [0.1, 0.15) is 0 Å². The third-order valence-electron chi connectivity index (χ3n) is 2.81. The SMILES string of the molecule is Clc1cc(I)cc(Cl)n1.Clc1cc(I)cc(N2CCOCC2)n1. The normalized spacial score (nSPS) is 14.2. The van der Waals surface area contributed by atoms with Crippen LogP contribution in [0.15, 0.2) is 24.3 Å². The van der Waals surface area contributed by atoms with Crippen LogP contribution in [0.25, 0.3) is 0 Å². The molecule has 0 atom stereocenters. The molecule has 124 valence electrons. The first-order chi connectivity index (χ1) is 10.9. The van der Waals surface area contributed by atoms with Gasteiger partial charge < -0.3 is 9.64 Å². The third-order valence-corrected chi connectivity index (χ3v) is 4.63. The van der Waals surface area contributed by atoms with Gasteiger partial charge in [-0.3, -0.25) is 0 Å². The maximum absolute atomic E-state index is 5.90. The third kappa shape index (κ3) is 7.03. The lowest BCUT2D eigenvalue weighted by molar-refractivity contribution is 0.122. The minimum absolute atomic E-state index is 0.437. The van der Waals surface area contributed by atoms with Crippen LogP contribution in [0.2, 0.25) is 15.5 Å². The lowest BCUT2D eigenvalue weighted by atomic mass is 10.4. The Labute approximate surface area is 177 Å². The lowest BCUT2D eigenvalue weighted by Gasteiger charge is -2.27. The molecule has 0 N–H and O–H groups in total. The fourth-order valence-electron chi connectivity index (χ4n) is 1.84. The first kappa shape index (κ1) is 19.7. The molecule has 3 rings (SSSR count). The molecule has 1 saturated heterocycles. The van der Waals surface area contributed by atoms with Gasteiger partial charge in [0.1, 0.15) is 21.3 Å². The molecular formula is C14H12Cl3I2N3O. The number of halogens is 5. The van der Waals surface area contributed by atoms with Crippen molar-refractivity contribution in [3.05, 3.63) is 46.9 Å². The largest absolute Gasteiger partial charge is 0.378 e. The van der Waals surface area contributed by atoms with E-state index < -0.39 is 0 Å². The molecule has 0 amide bonds. The van der Waals surface area contributed by atoms with E-state index in [4.69, 9.17) is 39.5 Å². The van der Waals surface area contributed by atoms with Crippen molar-refractivity contribution in [3.63, 3.8) is 0 Å². The molecule has 0 unspecified atom stereocenters. The molecule has 0 spiro atoms. The number of nitrogens with zero attached hydrogens (tertiary/aromatic N) is 3. The van der Waals surface area contributed by atoms with Crippen molar-refractivity contribution in [3.8, 4) is 0 Å². The molecule has 2 aromatic rings. The summed E-state index contributed by atoms with van der Waals surface area (Å²) in [4.78, 5) is 10.2. The van der Waals surface area contributed by atoms with Gasteiger partial charge in [-0.2, -0.15) is 0 Å². The van der Waals surface area contributed by atoms with E-state index in [1.54, 1.807) is 12.1 Å². The van der Waals surface area contributed by atoms with E-state index in [1.807, 2.05) is 12.1 Å². The zero-order chi connectivity index (χ0) is 16.8. The number of pyridine rings is 2. The highest BCUT2D eigenvalue weighted by Crippen LogP contribution is 2.20. The highest BCUT2D eigenvalue weighted by atomic mass is 127. The molecule has 0 saturated carbocycles. The van der Waals surface area contributed by atoms with Gasteiger partial charge in [0.15, 0.2) is 0 Å². The summed E-state index contributed by atoms with van der Waals surface area (Å²) < 4.78 is 7.39. The zero-order valence-corrected chi connectivity index (χ0v) is 18.4. The minimum atomic E-state index is 0.437. The Kier molecular flexibility index (Phi) is 8.37. The molecule has 23 heavy (non-hydrogen) atoms. The van der Waals surface area contributed by atoms with Crippen LogP contribution in [0.3, 0.4) is 0 Å². The molecule has 0 aromatic carbocycles. The Hall–Kier alpha value is 0.390. The summed E-state index contributed by atoms with van der Waals surface area (Å²) in [6.07, 6.45) is 0. The summed E-state index contributed by atoms with van der Waals surface area (Å²) >= 11 is 21.4. The van der Waals surface area contributed by atoms with Gasteiger partial charge in [-0.15, -0.1) is 0 Å². The fourth-order valence-corrected chi connectivity index (χ4v) is 4.22.